The Kier molecular flexibility index (Phi) is 5.83. The summed E-state index contributed by atoms with van der Waals surface area (Å²) in [5.41, 5.74) is 8.67. The summed E-state index contributed by atoms with van der Waals surface area (Å²) < 4.78 is 11.6. The van der Waals surface area contributed by atoms with Gasteiger partial charge in [-0.3, -0.25) is 0 Å². The molecule has 0 aliphatic rings. The predicted molar refractivity (Wildman–Crippen MR) is 213 cm³/mol. The molecule has 50 heavy (non-hydrogen) atoms. The molecule has 0 saturated heterocycles. The van der Waals surface area contributed by atoms with E-state index in [1.807, 2.05) is 17.4 Å². The summed E-state index contributed by atoms with van der Waals surface area (Å²) in [7, 11) is 0. The van der Waals surface area contributed by atoms with Gasteiger partial charge in [-0.1, -0.05) is 109 Å². The average molecular weight is 657 g/mol. The standard InChI is InChI=1S/C46H28N2OS/c1-2-13-29(14-3-1)47-37-20-7-4-15-30(37)33-18-10-23-40(45(33)47)48(39-22-12-26-43-44(39)36-17-6-9-25-42(36)50-43)38-21-11-19-34-31(38)27-28-35-32-16-5-8-24-41(32)49-46(34)35/h1-28H. The zero-order valence-corrected chi connectivity index (χ0v) is 27.7. The van der Waals surface area contributed by atoms with Crippen LogP contribution in [0.4, 0.5) is 17.1 Å². The molecule has 0 N–H and O–H groups in total. The van der Waals surface area contributed by atoms with Crippen LogP contribution >= 0.6 is 11.3 Å². The van der Waals surface area contributed by atoms with Crippen molar-refractivity contribution in [3.63, 3.8) is 0 Å². The van der Waals surface area contributed by atoms with Gasteiger partial charge >= 0.3 is 0 Å². The number of hydrogen-bond donors (Lipinski definition) is 0. The fraction of sp³-hybridized carbons (Fsp3) is 0. The van der Waals surface area contributed by atoms with Crippen molar-refractivity contribution in [2.24, 2.45) is 0 Å². The molecule has 11 rings (SSSR count). The van der Waals surface area contributed by atoms with Crippen LogP contribution in [-0.2, 0) is 0 Å². The summed E-state index contributed by atoms with van der Waals surface area (Å²) in [6, 6.07) is 61.3. The van der Waals surface area contributed by atoms with E-state index in [9.17, 15) is 0 Å². The first kappa shape index (κ1) is 27.6. The second-order valence-electron chi connectivity index (χ2n) is 12.9. The van der Waals surface area contributed by atoms with Crippen LogP contribution in [0.3, 0.4) is 0 Å². The maximum atomic E-state index is 6.59. The lowest BCUT2D eigenvalue weighted by molar-refractivity contribution is 0.672. The molecule has 0 aliphatic heterocycles. The molecule has 0 aliphatic carbocycles. The molecule has 0 amide bonds. The average Bonchev–Trinajstić information content (AvgIpc) is 3.86. The highest BCUT2D eigenvalue weighted by atomic mass is 32.1. The molecule has 3 nitrogen and oxygen atoms in total. The lowest BCUT2D eigenvalue weighted by atomic mass is 10.0. The fourth-order valence-electron chi connectivity index (χ4n) is 8.08. The van der Waals surface area contributed by atoms with Crippen molar-refractivity contribution in [2.75, 3.05) is 4.90 Å². The highest BCUT2D eigenvalue weighted by Gasteiger charge is 2.25. The van der Waals surface area contributed by atoms with Gasteiger partial charge < -0.3 is 13.9 Å². The van der Waals surface area contributed by atoms with Gasteiger partial charge in [0.05, 0.1) is 28.1 Å². The smallest absolute Gasteiger partial charge is 0.143 e. The van der Waals surface area contributed by atoms with Gasteiger partial charge in [-0.25, -0.2) is 0 Å². The van der Waals surface area contributed by atoms with Crippen LogP contribution in [0.5, 0.6) is 0 Å². The molecule has 0 atom stereocenters. The van der Waals surface area contributed by atoms with E-state index >= 15 is 0 Å². The second kappa shape index (κ2) is 10.6. The maximum absolute atomic E-state index is 6.59. The minimum Gasteiger partial charge on any atom is -0.455 e. The van der Waals surface area contributed by atoms with E-state index in [1.54, 1.807) is 0 Å². The lowest BCUT2D eigenvalue weighted by Crippen LogP contribution is -2.12. The molecule has 11 aromatic rings. The van der Waals surface area contributed by atoms with E-state index in [1.165, 1.54) is 42.0 Å². The fourth-order valence-corrected chi connectivity index (χ4v) is 9.20. The highest BCUT2D eigenvalue weighted by Crippen LogP contribution is 2.50. The highest BCUT2D eigenvalue weighted by molar-refractivity contribution is 7.26. The molecule has 0 spiro atoms. The SMILES string of the molecule is c1ccc(-n2c3ccccc3c3cccc(N(c4cccc5c4ccc4c6ccccc6oc54)c4cccc5sc6ccccc6c45)c32)cc1. The van der Waals surface area contributed by atoms with Gasteiger partial charge in [0.25, 0.3) is 0 Å². The summed E-state index contributed by atoms with van der Waals surface area (Å²) >= 11 is 1.85. The third-order valence-electron chi connectivity index (χ3n) is 10.2. The van der Waals surface area contributed by atoms with Crippen molar-refractivity contribution in [3.05, 3.63) is 170 Å². The number of hydrogen-bond acceptors (Lipinski definition) is 3. The van der Waals surface area contributed by atoms with E-state index in [-0.39, 0.29) is 0 Å². The number of para-hydroxylation sites is 4. The number of anilines is 3. The molecule has 0 unspecified atom stereocenters. The Morgan fingerprint density at radius 3 is 1.94 bits per heavy atom. The first-order valence-electron chi connectivity index (χ1n) is 16.9. The Labute approximate surface area is 291 Å². The van der Waals surface area contributed by atoms with Gasteiger partial charge in [0, 0.05) is 58.2 Å². The Bertz CT molecular complexity index is 3110. The third kappa shape index (κ3) is 3.85. The molecule has 8 aromatic carbocycles. The van der Waals surface area contributed by atoms with Crippen molar-refractivity contribution >= 4 is 103 Å². The van der Waals surface area contributed by atoms with Crippen LogP contribution in [0.1, 0.15) is 0 Å². The Hall–Kier alpha value is -6.36. The van der Waals surface area contributed by atoms with Gasteiger partial charge in [-0.05, 0) is 60.7 Å². The molecule has 0 bridgehead atoms. The second-order valence-corrected chi connectivity index (χ2v) is 13.9. The van der Waals surface area contributed by atoms with Gasteiger partial charge in [0.2, 0.25) is 0 Å². The summed E-state index contributed by atoms with van der Waals surface area (Å²) in [6.07, 6.45) is 0. The van der Waals surface area contributed by atoms with Crippen LogP contribution in [0.25, 0.3) is 80.4 Å². The van der Waals surface area contributed by atoms with Crippen LogP contribution in [-0.4, -0.2) is 4.57 Å². The van der Waals surface area contributed by atoms with E-state index in [0.717, 1.165) is 55.5 Å². The van der Waals surface area contributed by atoms with E-state index in [4.69, 9.17) is 4.42 Å². The summed E-state index contributed by atoms with van der Waals surface area (Å²) in [6.45, 7) is 0. The minimum absolute atomic E-state index is 0.906. The van der Waals surface area contributed by atoms with Crippen molar-refractivity contribution in [2.45, 2.75) is 0 Å². The van der Waals surface area contributed by atoms with Crippen LogP contribution in [0.2, 0.25) is 0 Å². The first-order chi connectivity index (χ1) is 24.8. The maximum Gasteiger partial charge on any atom is 0.143 e. The number of benzene rings is 8. The zero-order valence-electron chi connectivity index (χ0n) is 26.9. The Morgan fingerprint density at radius 1 is 0.420 bits per heavy atom. The lowest BCUT2D eigenvalue weighted by Gasteiger charge is -2.29. The van der Waals surface area contributed by atoms with Crippen LogP contribution in [0, 0.1) is 0 Å². The van der Waals surface area contributed by atoms with E-state index in [0.29, 0.717) is 0 Å². The largest absolute Gasteiger partial charge is 0.455 e. The van der Waals surface area contributed by atoms with Crippen molar-refractivity contribution in [1.29, 1.82) is 0 Å². The molecule has 0 radical (unpaired) electrons. The third-order valence-corrected chi connectivity index (χ3v) is 11.3. The monoisotopic (exact) mass is 656 g/mol. The van der Waals surface area contributed by atoms with Crippen LogP contribution in [0.15, 0.2) is 174 Å². The van der Waals surface area contributed by atoms with Gasteiger partial charge in [0.1, 0.15) is 11.2 Å². The molecule has 3 aromatic heterocycles. The summed E-state index contributed by atoms with van der Waals surface area (Å²) in [5.74, 6) is 0. The molecular weight excluding hydrogens is 629 g/mol. The van der Waals surface area contributed by atoms with Gasteiger partial charge in [0.15, 0.2) is 0 Å². The number of rotatable bonds is 4. The molecule has 234 valence electrons. The normalized spacial score (nSPS) is 12.0. The first-order valence-corrected chi connectivity index (χ1v) is 17.8. The molecule has 4 heteroatoms. The summed E-state index contributed by atoms with van der Waals surface area (Å²) in [4.78, 5) is 2.50. The summed E-state index contributed by atoms with van der Waals surface area (Å²) in [5, 5.41) is 9.48. The van der Waals surface area contributed by atoms with Crippen molar-refractivity contribution < 1.29 is 4.42 Å². The topological polar surface area (TPSA) is 21.3 Å². The van der Waals surface area contributed by atoms with Gasteiger partial charge in [-0.2, -0.15) is 0 Å². The Morgan fingerprint density at radius 2 is 1.04 bits per heavy atom. The number of nitrogens with zero attached hydrogens (tertiary/aromatic N) is 2. The number of thiophene rings is 1. The quantitative estimate of drug-likeness (QED) is 0.188. The predicted octanol–water partition coefficient (Wildman–Crippen LogP) is 13.7. The molecule has 0 saturated carbocycles. The van der Waals surface area contributed by atoms with E-state index < -0.39 is 0 Å². The number of furan rings is 1. The Balaban J connectivity index is 1.31. The zero-order chi connectivity index (χ0) is 32.8. The van der Waals surface area contributed by atoms with Gasteiger partial charge in [-0.15, -0.1) is 11.3 Å². The number of aromatic nitrogens is 1. The van der Waals surface area contributed by atoms with Crippen molar-refractivity contribution in [3.8, 4) is 5.69 Å². The van der Waals surface area contributed by atoms with Crippen molar-refractivity contribution in [1.82, 2.24) is 4.57 Å². The minimum atomic E-state index is 0.906. The number of fused-ring (bicyclic) bond motifs is 11. The molecule has 3 heterocycles. The molecule has 0 fully saturated rings. The molecular formula is C46H28N2OS. The van der Waals surface area contributed by atoms with Crippen LogP contribution < -0.4 is 4.90 Å². The van der Waals surface area contributed by atoms with E-state index in [2.05, 4.69) is 173 Å².